The maximum absolute atomic E-state index is 9.91. The van der Waals surface area contributed by atoms with E-state index in [4.69, 9.17) is 0 Å². The largest absolute Gasteiger partial charge is 0.391 e. The summed E-state index contributed by atoms with van der Waals surface area (Å²) in [5, 5.41) is 9.91. The second-order valence-electron chi connectivity index (χ2n) is 4.60. The van der Waals surface area contributed by atoms with Gasteiger partial charge in [-0.05, 0) is 28.3 Å². The van der Waals surface area contributed by atoms with E-state index in [2.05, 4.69) is 37.7 Å². The number of aryl methyl sites for hydroxylation is 1. The lowest BCUT2D eigenvalue weighted by Gasteiger charge is -2.35. The van der Waals surface area contributed by atoms with Crippen molar-refractivity contribution in [1.82, 2.24) is 9.97 Å². The van der Waals surface area contributed by atoms with Crippen LogP contribution in [0.4, 0.5) is 5.82 Å². The van der Waals surface area contributed by atoms with Gasteiger partial charge in [-0.25, -0.2) is 9.97 Å². The summed E-state index contributed by atoms with van der Waals surface area (Å²) in [5.74, 6) is 2.12. The number of hydrogen-bond donors (Lipinski definition) is 1. The molecule has 94 valence electrons. The Morgan fingerprint density at radius 3 is 2.94 bits per heavy atom. The maximum atomic E-state index is 9.91. The number of β-amino-alcohol motifs (C(OH)–C–C–N with tert-alkyl or cyclic N) is 1. The smallest absolute Gasteiger partial charge is 0.133 e. The highest BCUT2D eigenvalue weighted by Crippen LogP contribution is 2.23. The molecule has 0 radical (unpaired) electrons. The molecule has 2 unspecified atom stereocenters. The van der Waals surface area contributed by atoms with Crippen LogP contribution in [0.5, 0.6) is 0 Å². The van der Waals surface area contributed by atoms with Gasteiger partial charge in [-0.2, -0.15) is 0 Å². The second kappa shape index (κ2) is 5.31. The van der Waals surface area contributed by atoms with Gasteiger partial charge in [-0.3, -0.25) is 0 Å². The molecule has 1 fully saturated rings. The molecule has 0 bridgehead atoms. The van der Waals surface area contributed by atoms with E-state index in [1.807, 2.05) is 13.0 Å². The number of aliphatic hydroxyl groups excluding tert-OH is 1. The first kappa shape index (κ1) is 12.8. The fourth-order valence-corrected chi connectivity index (χ4v) is 2.44. The Hall–Kier alpha value is -0.680. The minimum atomic E-state index is -0.262. The van der Waals surface area contributed by atoms with E-state index in [1.165, 1.54) is 0 Å². The van der Waals surface area contributed by atoms with E-state index < -0.39 is 0 Å². The number of hydrogen-bond acceptors (Lipinski definition) is 4. The number of piperidine rings is 1. The Labute approximate surface area is 110 Å². The highest BCUT2D eigenvalue weighted by Gasteiger charge is 2.25. The highest BCUT2D eigenvalue weighted by atomic mass is 79.9. The van der Waals surface area contributed by atoms with Crippen LogP contribution in [0.25, 0.3) is 0 Å². The van der Waals surface area contributed by atoms with Crippen LogP contribution < -0.4 is 4.90 Å². The molecule has 2 atom stereocenters. The normalized spacial score (nSPS) is 25.1. The van der Waals surface area contributed by atoms with Crippen molar-refractivity contribution in [2.75, 3.05) is 18.0 Å². The Morgan fingerprint density at radius 1 is 1.53 bits per heavy atom. The molecule has 0 spiro atoms. The lowest BCUT2D eigenvalue weighted by Crippen LogP contribution is -2.43. The minimum absolute atomic E-state index is 0.262. The van der Waals surface area contributed by atoms with Crippen molar-refractivity contribution in [3.8, 4) is 0 Å². The molecule has 0 aromatic carbocycles. The molecule has 1 N–H and O–H groups in total. The van der Waals surface area contributed by atoms with E-state index in [0.29, 0.717) is 12.5 Å². The predicted octanol–water partition coefficient (Wildman–Crippen LogP) is 2.01. The van der Waals surface area contributed by atoms with Gasteiger partial charge in [0, 0.05) is 25.6 Å². The van der Waals surface area contributed by atoms with E-state index in [0.717, 1.165) is 35.6 Å². The molecular weight excluding hydrogens is 282 g/mol. The molecule has 2 heterocycles. The molecule has 2 rings (SSSR count). The average Bonchev–Trinajstić information content (AvgIpc) is 2.32. The fourth-order valence-electron chi connectivity index (χ4n) is 2.03. The van der Waals surface area contributed by atoms with Gasteiger partial charge in [0.15, 0.2) is 0 Å². The number of anilines is 1. The summed E-state index contributed by atoms with van der Waals surface area (Å²) in [6, 6.07) is 1.92. The van der Waals surface area contributed by atoms with Crippen LogP contribution >= 0.6 is 15.9 Å². The molecule has 1 aliphatic heterocycles. The number of nitrogens with zero attached hydrogens (tertiary/aromatic N) is 3. The summed E-state index contributed by atoms with van der Waals surface area (Å²) in [4.78, 5) is 10.9. The maximum Gasteiger partial charge on any atom is 0.133 e. The quantitative estimate of drug-likeness (QED) is 0.849. The van der Waals surface area contributed by atoms with Crippen LogP contribution in [0.1, 0.15) is 26.1 Å². The Morgan fingerprint density at radius 2 is 2.29 bits per heavy atom. The molecule has 1 aromatic heterocycles. The van der Waals surface area contributed by atoms with Crippen LogP contribution in [0.3, 0.4) is 0 Å². The van der Waals surface area contributed by atoms with Gasteiger partial charge in [0.05, 0.1) is 6.10 Å². The lowest BCUT2D eigenvalue weighted by atomic mass is 9.96. The van der Waals surface area contributed by atoms with Gasteiger partial charge in [-0.15, -0.1) is 0 Å². The van der Waals surface area contributed by atoms with Crippen molar-refractivity contribution in [2.24, 2.45) is 5.92 Å². The number of halogens is 1. The summed E-state index contributed by atoms with van der Waals surface area (Å²) in [5.41, 5.74) is 0. The van der Waals surface area contributed by atoms with Crippen molar-refractivity contribution >= 4 is 21.7 Å². The molecular formula is C12H18BrN3O. The van der Waals surface area contributed by atoms with Crippen LogP contribution in [-0.4, -0.2) is 34.3 Å². The standard InChI is InChI=1S/C12H18BrN3O/c1-3-11-14-10(13)6-12(15-11)16-5-4-8(2)9(17)7-16/h6,8-9,17H,3-5,7H2,1-2H3. The first-order valence-corrected chi connectivity index (χ1v) is 6.86. The average molecular weight is 300 g/mol. The van der Waals surface area contributed by atoms with Crippen molar-refractivity contribution in [3.05, 3.63) is 16.5 Å². The lowest BCUT2D eigenvalue weighted by molar-refractivity contribution is 0.102. The van der Waals surface area contributed by atoms with Crippen molar-refractivity contribution in [3.63, 3.8) is 0 Å². The van der Waals surface area contributed by atoms with Gasteiger partial charge in [0.25, 0.3) is 0 Å². The van der Waals surface area contributed by atoms with E-state index in [9.17, 15) is 5.11 Å². The van der Waals surface area contributed by atoms with E-state index >= 15 is 0 Å². The first-order chi connectivity index (χ1) is 8.10. The molecule has 0 amide bonds. The van der Waals surface area contributed by atoms with E-state index in [1.54, 1.807) is 0 Å². The summed E-state index contributed by atoms with van der Waals surface area (Å²) in [6.45, 7) is 5.74. The fraction of sp³-hybridized carbons (Fsp3) is 0.667. The Balaban J connectivity index is 2.19. The summed E-state index contributed by atoms with van der Waals surface area (Å²) in [7, 11) is 0. The molecule has 17 heavy (non-hydrogen) atoms. The molecule has 0 saturated carbocycles. The van der Waals surface area contributed by atoms with Crippen LogP contribution in [0, 0.1) is 5.92 Å². The summed E-state index contributed by atoms with van der Waals surface area (Å²) < 4.78 is 0.812. The zero-order valence-electron chi connectivity index (χ0n) is 10.2. The third-order valence-corrected chi connectivity index (χ3v) is 3.69. The van der Waals surface area contributed by atoms with Gasteiger partial charge >= 0.3 is 0 Å². The van der Waals surface area contributed by atoms with Gasteiger partial charge in [-0.1, -0.05) is 13.8 Å². The SMILES string of the molecule is CCc1nc(Br)cc(N2CCC(C)C(O)C2)n1. The zero-order valence-corrected chi connectivity index (χ0v) is 11.8. The van der Waals surface area contributed by atoms with Gasteiger partial charge in [0.2, 0.25) is 0 Å². The highest BCUT2D eigenvalue weighted by molar-refractivity contribution is 9.10. The van der Waals surface area contributed by atoms with Crippen molar-refractivity contribution < 1.29 is 5.11 Å². The number of aromatic nitrogens is 2. The molecule has 1 aromatic rings. The molecule has 1 saturated heterocycles. The summed E-state index contributed by atoms with van der Waals surface area (Å²) in [6.07, 6.45) is 1.56. The van der Waals surface area contributed by atoms with Crippen LogP contribution in [0.15, 0.2) is 10.7 Å². The van der Waals surface area contributed by atoms with Crippen molar-refractivity contribution in [1.29, 1.82) is 0 Å². The van der Waals surface area contributed by atoms with Crippen molar-refractivity contribution in [2.45, 2.75) is 32.8 Å². The monoisotopic (exact) mass is 299 g/mol. The molecule has 4 nitrogen and oxygen atoms in total. The zero-order chi connectivity index (χ0) is 12.4. The molecule has 1 aliphatic rings. The third kappa shape index (κ3) is 2.96. The molecule has 5 heteroatoms. The second-order valence-corrected chi connectivity index (χ2v) is 5.41. The Bertz CT molecular complexity index is 399. The number of aliphatic hydroxyl groups is 1. The summed E-state index contributed by atoms with van der Waals surface area (Å²) >= 11 is 3.41. The van der Waals surface area contributed by atoms with Crippen LogP contribution in [0.2, 0.25) is 0 Å². The minimum Gasteiger partial charge on any atom is -0.391 e. The van der Waals surface area contributed by atoms with Gasteiger partial charge < -0.3 is 10.0 Å². The Kier molecular flexibility index (Phi) is 3.99. The topological polar surface area (TPSA) is 49.2 Å². The van der Waals surface area contributed by atoms with E-state index in [-0.39, 0.29) is 6.10 Å². The van der Waals surface area contributed by atoms with Gasteiger partial charge in [0.1, 0.15) is 16.2 Å². The predicted molar refractivity (Wildman–Crippen MR) is 71.1 cm³/mol. The molecule has 0 aliphatic carbocycles. The third-order valence-electron chi connectivity index (χ3n) is 3.29. The number of rotatable bonds is 2. The first-order valence-electron chi connectivity index (χ1n) is 6.06. The van der Waals surface area contributed by atoms with Crippen LogP contribution in [-0.2, 0) is 6.42 Å².